The molecule has 0 saturated heterocycles. The Labute approximate surface area is 192 Å². The number of hydrogen-bond acceptors (Lipinski definition) is 4. The molecule has 0 atom stereocenters. The van der Waals surface area contributed by atoms with E-state index in [9.17, 15) is 4.79 Å². The van der Waals surface area contributed by atoms with Gasteiger partial charge in [0.15, 0.2) is 0 Å². The van der Waals surface area contributed by atoms with Crippen LogP contribution in [0.2, 0.25) is 0 Å². The molecule has 0 saturated carbocycles. The van der Waals surface area contributed by atoms with E-state index in [0.717, 1.165) is 12.8 Å². The van der Waals surface area contributed by atoms with Crippen molar-refractivity contribution in [3.8, 4) is 0 Å². The van der Waals surface area contributed by atoms with Crippen molar-refractivity contribution in [1.29, 1.82) is 0 Å². The molecule has 0 heterocycles. The van der Waals surface area contributed by atoms with Gasteiger partial charge in [-0.3, -0.25) is 4.79 Å². The summed E-state index contributed by atoms with van der Waals surface area (Å²) in [6.45, 7) is 1.54. The minimum absolute atomic E-state index is 0. The molecule has 7 nitrogen and oxygen atoms in total. The molecule has 4 N–H and O–H groups in total. The SMILES string of the molecule is CCCCCCCCCCCCCCCCCC(=O)O.OCC(O)CO.[O-2].[O-2].[Ti+4]. The maximum Gasteiger partial charge on any atom is 4.00 e. The predicted molar refractivity (Wildman–Crippen MR) is 109 cm³/mol. The second-order valence-electron chi connectivity index (χ2n) is 7.11. The largest absolute Gasteiger partial charge is 4.00 e. The van der Waals surface area contributed by atoms with E-state index >= 15 is 0 Å². The number of hydrogen-bond donors (Lipinski definition) is 4. The van der Waals surface area contributed by atoms with E-state index in [1.54, 1.807) is 0 Å². The first-order valence-corrected chi connectivity index (χ1v) is 10.7. The fourth-order valence-electron chi connectivity index (χ4n) is 2.71. The van der Waals surface area contributed by atoms with E-state index in [-0.39, 0.29) is 45.9 Å². The Morgan fingerprint density at radius 1 is 0.655 bits per heavy atom. The van der Waals surface area contributed by atoms with Gasteiger partial charge >= 0.3 is 27.7 Å². The van der Waals surface area contributed by atoms with Crippen LogP contribution in [0, 0.1) is 0 Å². The molecule has 0 rings (SSSR count). The minimum atomic E-state index is -0.954. The van der Waals surface area contributed by atoms with Gasteiger partial charge in [0.1, 0.15) is 6.10 Å². The van der Waals surface area contributed by atoms with Crippen molar-refractivity contribution in [1.82, 2.24) is 0 Å². The van der Waals surface area contributed by atoms with Crippen LogP contribution in [-0.4, -0.2) is 45.7 Å². The summed E-state index contributed by atoms with van der Waals surface area (Å²) in [6.07, 6.45) is 19.2. The van der Waals surface area contributed by atoms with Crippen LogP contribution in [0.3, 0.4) is 0 Å². The van der Waals surface area contributed by atoms with Gasteiger partial charge in [-0.15, -0.1) is 0 Å². The van der Waals surface area contributed by atoms with Crippen LogP contribution >= 0.6 is 0 Å². The second-order valence-corrected chi connectivity index (χ2v) is 7.11. The zero-order valence-electron chi connectivity index (χ0n) is 18.3. The zero-order chi connectivity index (χ0) is 19.9. The van der Waals surface area contributed by atoms with Crippen molar-refractivity contribution < 1.29 is 57.9 Å². The maximum atomic E-state index is 10.3. The zero-order valence-corrected chi connectivity index (χ0v) is 19.9. The summed E-state index contributed by atoms with van der Waals surface area (Å²) in [5.74, 6) is -0.653. The van der Waals surface area contributed by atoms with Crippen molar-refractivity contribution in [2.24, 2.45) is 0 Å². The van der Waals surface area contributed by atoms with Gasteiger partial charge in [0.25, 0.3) is 0 Å². The van der Waals surface area contributed by atoms with Gasteiger partial charge in [-0.25, -0.2) is 0 Å². The molecule has 0 spiro atoms. The number of rotatable bonds is 18. The number of carboxylic acids is 1. The van der Waals surface area contributed by atoms with E-state index in [1.165, 1.54) is 83.5 Å². The molecule has 174 valence electrons. The summed E-state index contributed by atoms with van der Waals surface area (Å²) in [7, 11) is 0. The third-order valence-electron chi connectivity index (χ3n) is 4.42. The number of unbranched alkanes of at least 4 members (excludes halogenated alkanes) is 14. The molecule has 0 aromatic carbocycles. The Bertz CT molecular complexity index is 278. The normalized spacial score (nSPS) is 9.55. The summed E-state index contributed by atoms with van der Waals surface area (Å²) in [5, 5.41) is 32.5. The number of aliphatic carboxylic acids is 1. The smallest absolute Gasteiger partial charge is 2.00 e. The van der Waals surface area contributed by atoms with Crippen LogP contribution in [0.25, 0.3) is 0 Å². The molecular weight excluding hydrogens is 412 g/mol. The van der Waals surface area contributed by atoms with E-state index < -0.39 is 12.1 Å². The third-order valence-corrected chi connectivity index (χ3v) is 4.42. The topological polar surface area (TPSA) is 155 Å². The van der Waals surface area contributed by atoms with Crippen LogP contribution in [0.1, 0.15) is 110 Å². The first-order chi connectivity index (χ1) is 12.6. The van der Waals surface area contributed by atoms with Crippen LogP contribution in [0.15, 0.2) is 0 Å². The predicted octanol–water partition coefficient (Wildman–Crippen LogP) is 4.42. The van der Waals surface area contributed by atoms with E-state index in [4.69, 9.17) is 20.4 Å². The summed E-state index contributed by atoms with van der Waals surface area (Å²) in [4.78, 5) is 10.3. The van der Waals surface area contributed by atoms with Gasteiger partial charge in [0.05, 0.1) is 13.2 Å². The van der Waals surface area contributed by atoms with Crippen LogP contribution in [-0.2, 0) is 37.5 Å². The van der Waals surface area contributed by atoms with E-state index in [2.05, 4.69) is 6.92 Å². The van der Waals surface area contributed by atoms with Crippen molar-refractivity contribution in [3.05, 3.63) is 0 Å². The molecule has 0 aromatic heterocycles. The summed E-state index contributed by atoms with van der Waals surface area (Å²) in [6, 6.07) is 0. The Kier molecular flexibility index (Phi) is 48.2. The van der Waals surface area contributed by atoms with E-state index in [0.29, 0.717) is 6.42 Å². The first-order valence-electron chi connectivity index (χ1n) is 10.7. The van der Waals surface area contributed by atoms with Gasteiger partial charge in [0.2, 0.25) is 0 Å². The first kappa shape index (κ1) is 39.5. The average Bonchev–Trinajstić information content (AvgIpc) is 2.64. The van der Waals surface area contributed by atoms with Gasteiger partial charge in [-0.1, -0.05) is 96.8 Å². The summed E-state index contributed by atoms with van der Waals surface area (Å²) >= 11 is 0. The van der Waals surface area contributed by atoms with Gasteiger partial charge in [-0.2, -0.15) is 0 Å². The standard InChI is InChI=1S/C18H36O2.C3H8O3.2O.Ti/c1-2-3-4-5-6-7-8-9-10-11-12-13-14-15-16-17-18(19)20;4-1-3(6)2-5;;;/h2-17H2,1H3,(H,19,20);3-6H,1-2H2;;;/q;;2*-2;+4. The van der Waals surface area contributed by atoms with Gasteiger partial charge in [0, 0.05) is 6.42 Å². The average molecular weight is 456 g/mol. The Morgan fingerprint density at radius 3 is 1.14 bits per heavy atom. The fourth-order valence-corrected chi connectivity index (χ4v) is 2.71. The molecular formula is C21H44O7Ti. The molecule has 0 fully saturated rings. The number of aliphatic hydroxyl groups is 3. The maximum absolute atomic E-state index is 10.3. The quantitative estimate of drug-likeness (QED) is 0.177. The number of carbonyl (C=O) groups is 1. The Balaban J connectivity index is -0.000000186. The van der Waals surface area contributed by atoms with E-state index in [1.807, 2.05) is 0 Å². The van der Waals surface area contributed by atoms with Crippen molar-refractivity contribution >= 4 is 5.97 Å². The molecule has 0 bridgehead atoms. The minimum Gasteiger partial charge on any atom is -2.00 e. The molecule has 0 aliphatic carbocycles. The molecule has 0 aliphatic rings. The van der Waals surface area contributed by atoms with Crippen molar-refractivity contribution in [3.63, 3.8) is 0 Å². The molecule has 0 unspecified atom stereocenters. The summed E-state index contributed by atoms with van der Waals surface area (Å²) in [5.41, 5.74) is 0. The van der Waals surface area contributed by atoms with Crippen molar-refractivity contribution in [2.75, 3.05) is 13.2 Å². The number of carboxylic acid groups (broad SMARTS) is 1. The van der Waals surface area contributed by atoms with Crippen molar-refractivity contribution in [2.45, 2.75) is 116 Å². The third kappa shape index (κ3) is 42.9. The fraction of sp³-hybridized carbons (Fsp3) is 0.952. The Morgan fingerprint density at radius 2 is 0.931 bits per heavy atom. The molecule has 0 aromatic rings. The molecule has 0 radical (unpaired) electrons. The van der Waals surface area contributed by atoms with Crippen LogP contribution in [0.4, 0.5) is 0 Å². The molecule has 29 heavy (non-hydrogen) atoms. The second kappa shape index (κ2) is 35.4. The monoisotopic (exact) mass is 456 g/mol. The Hall–Kier alpha value is -0.0157. The molecule has 0 amide bonds. The summed E-state index contributed by atoms with van der Waals surface area (Å²) < 4.78 is 0. The molecule has 8 heteroatoms. The molecule has 0 aliphatic heterocycles. The van der Waals surface area contributed by atoms with Crippen LogP contribution < -0.4 is 0 Å². The van der Waals surface area contributed by atoms with Gasteiger partial charge < -0.3 is 31.4 Å². The van der Waals surface area contributed by atoms with Crippen LogP contribution in [0.5, 0.6) is 0 Å². The van der Waals surface area contributed by atoms with Gasteiger partial charge in [-0.05, 0) is 6.42 Å². The number of aliphatic hydroxyl groups excluding tert-OH is 3.